The van der Waals surface area contributed by atoms with Crippen molar-refractivity contribution in [3.63, 3.8) is 0 Å². The van der Waals surface area contributed by atoms with Gasteiger partial charge in [-0.3, -0.25) is 14.4 Å². The van der Waals surface area contributed by atoms with E-state index in [9.17, 15) is 14.4 Å². The minimum Gasteiger partial charge on any atom is -0.321 e. The highest BCUT2D eigenvalue weighted by Gasteiger charge is 2.16. The molecule has 0 aliphatic carbocycles. The van der Waals surface area contributed by atoms with Crippen molar-refractivity contribution in [1.82, 2.24) is 10.3 Å². The van der Waals surface area contributed by atoms with Gasteiger partial charge in [0.05, 0.1) is 11.4 Å². The third-order valence-electron chi connectivity index (χ3n) is 7.21. The maximum absolute atomic E-state index is 13.7. The number of amides is 3. The van der Waals surface area contributed by atoms with Gasteiger partial charge < -0.3 is 16.0 Å². The first-order valence-electron chi connectivity index (χ1n) is 14.8. The van der Waals surface area contributed by atoms with Gasteiger partial charge in [0.2, 0.25) is 5.91 Å². The van der Waals surface area contributed by atoms with Crippen molar-refractivity contribution < 1.29 is 14.4 Å². The number of fused-ring (bicyclic) bond motifs is 1. The minimum absolute atomic E-state index is 0.0982. The molecular weight excluding hydrogens is 625 g/mol. The Hall–Kier alpha value is -5.51. The van der Waals surface area contributed by atoms with Gasteiger partial charge in [0, 0.05) is 27.1 Å². The second kappa shape index (κ2) is 14.7. The Bertz CT molecular complexity index is 2080. The lowest BCUT2D eigenvalue weighted by Gasteiger charge is -2.13. The van der Waals surface area contributed by atoms with Gasteiger partial charge >= 0.3 is 0 Å². The van der Waals surface area contributed by atoms with Gasteiger partial charge in [-0.25, -0.2) is 4.98 Å². The Morgan fingerprint density at radius 3 is 2.38 bits per heavy atom. The Morgan fingerprint density at radius 2 is 1.55 bits per heavy atom. The second-order valence-corrected chi connectivity index (χ2v) is 12.6. The van der Waals surface area contributed by atoms with Crippen molar-refractivity contribution >= 4 is 68.5 Å². The van der Waals surface area contributed by atoms with Crippen molar-refractivity contribution in [3.05, 3.63) is 149 Å². The zero-order valence-corrected chi connectivity index (χ0v) is 27.0. The number of thiazole rings is 1. The standard InChI is InChI=1S/C38H30N4O3S2/c1-25-17-19-27(20-18-25)34-23-47-38(41-34)42-35(43)24-46-31-15-8-14-30(22-31)39-37(45)33(40-36(44)28-10-3-2-4-11-28)21-29-13-7-12-26-9-5-6-16-32(26)29/h2-23H,24H2,1H3,(H,39,45)(H,40,44)(H,41,42,43)/b33-21+. The number of aromatic nitrogens is 1. The van der Waals surface area contributed by atoms with Crippen LogP contribution in [-0.4, -0.2) is 28.5 Å². The van der Waals surface area contributed by atoms with Crippen LogP contribution >= 0.6 is 23.1 Å². The van der Waals surface area contributed by atoms with E-state index in [0.717, 1.165) is 32.5 Å². The maximum atomic E-state index is 13.7. The van der Waals surface area contributed by atoms with Gasteiger partial charge in [0.15, 0.2) is 5.13 Å². The van der Waals surface area contributed by atoms with Gasteiger partial charge in [-0.05, 0) is 59.7 Å². The predicted octanol–water partition coefficient (Wildman–Crippen LogP) is 8.41. The molecule has 3 N–H and O–H groups in total. The van der Waals surface area contributed by atoms with Crippen molar-refractivity contribution in [3.8, 4) is 11.3 Å². The van der Waals surface area contributed by atoms with Crippen LogP contribution in [-0.2, 0) is 9.59 Å². The van der Waals surface area contributed by atoms with Crippen LogP contribution in [0.2, 0.25) is 0 Å². The maximum Gasteiger partial charge on any atom is 0.272 e. The van der Waals surface area contributed by atoms with Crippen LogP contribution in [0.25, 0.3) is 28.1 Å². The van der Waals surface area contributed by atoms with E-state index >= 15 is 0 Å². The molecule has 0 saturated heterocycles. The second-order valence-electron chi connectivity index (χ2n) is 10.7. The molecule has 9 heteroatoms. The lowest BCUT2D eigenvalue weighted by molar-refractivity contribution is -0.114. The topological polar surface area (TPSA) is 100 Å². The lowest BCUT2D eigenvalue weighted by Crippen LogP contribution is -2.30. The molecule has 0 unspecified atom stereocenters. The molecule has 0 radical (unpaired) electrons. The quantitative estimate of drug-likeness (QED) is 0.102. The number of thioether (sulfide) groups is 1. The van der Waals surface area contributed by atoms with Crippen molar-refractivity contribution in [1.29, 1.82) is 0 Å². The molecule has 6 rings (SSSR count). The highest BCUT2D eigenvalue weighted by Crippen LogP contribution is 2.27. The van der Waals surface area contributed by atoms with Gasteiger partial charge in [-0.15, -0.1) is 23.1 Å². The van der Waals surface area contributed by atoms with Crippen LogP contribution in [0, 0.1) is 6.92 Å². The normalized spacial score (nSPS) is 11.2. The zero-order chi connectivity index (χ0) is 32.6. The molecule has 7 nitrogen and oxygen atoms in total. The lowest BCUT2D eigenvalue weighted by atomic mass is 10.0. The van der Waals surface area contributed by atoms with Gasteiger partial charge in [-0.2, -0.15) is 0 Å². The van der Waals surface area contributed by atoms with Gasteiger partial charge in [-0.1, -0.05) is 96.6 Å². The third-order valence-corrected chi connectivity index (χ3v) is 8.96. The highest BCUT2D eigenvalue weighted by molar-refractivity contribution is 8.00. The Labute approximate surface area is 280 Å². The predicted molar refractivity (Wildman–Crippen MR) is 193 cm³/mol. The molecule has 0 atom stereocenters. The monoisotopic (exact) mass is 654 g/mol. The summed E-state index contributed by atoms with van der Waals surface area (Å²) in [6.45, 7) is 2.03. The fourth-order valence-electron chi connectivity index (χ4n) is 4.83. The molecule has 0 bridgehead atoms. The van der Waals surface area contributed by atoms with E-state index in [1.165, 1.54) is 28.7 Å². The molecule has 1 heterocycles. The van der Waals surface area contributed by atoms with Crippen molar-refractivity contribution in [2.75, 3.05) is 16.4 Å². The van der Waals surface area contributed by atoms with Gasteiger partial charge in [0.1, 0.15) is 5.70 Å². The summed E-state index contributed by atoms with van der Waals surface area (Å²) in [5.41, 5.74) is 4.84. The first kappa shape index (κ1) is 31.5. The Balaban J connectivity index is 1.14. The highest BCUT2D eigenvalue weighted by atomic mass is 32.2. The summed E-state index contributed by atoms with van der Waals surface area (Å²) in [7, 11) is 0. The van der Waals surface area contributed by atoms with Crippen LogP contribution < -0.4 is 16.0 Å². The summed E-state index contributed by atoms with van der Waals surface area (Å²) in [5.74, 6) is -0.891. The first-order valence-corrected chi connectivity index (χ1v) is 16.7. The van der Waals surface area contributed by atoms with E-state index in [1.54, 1.807) is 48.5 Å². The summed E-state index contributed by atoms with van der Waals surface area (Å²) in [6, 6.07) is 37.7. The minimum atomic E-state index is -0.477. The Kier molecular flexibility index (Phi) is 9.86. The number of carbonyl (C=O) groups excluding carboxylic acids is 3. The number of rotatable bonds is 10. The van der Waals surface area contributed by atoms with Gasteiger partial charge in [0.25, 0.3) is 11.8 Å². The van der Waals surface area contributed by atoms with Crippen LogP contribution in [0.3, 0.4) is 0 Å². The number of nitrogens with zero attached hydrogens (tertiary/aromatic N) is 1. The summed E-state index contributed by atoms with van der Waals surface area (Å²) in [4.78, 5) is 44.8. The van der Waals surface area contributed by atoms with Crippen LogP contribution in [0.15, 0.2) is 137 Å². The molecule has 1 aromatic heterocycles. The Morgan fingerprint density at radius 1 is 0.809 bits per heavy atom. The fourth-order valence-corrected chi connectivity index (χ4v) is 6.32. The first-order chi connectivity index (χ1) is 22.9. The molecule has 3 amide bonds. The molecule has 47 heavy (non-hydrogen) atoms. The average molecular weight is 655 g/mol. The van der Waals surface area contributed by atoms with Crippen molar-refractivity contribution in [2.24, 2.45) is 0 Å². The molecular formula is C38H30N4O3S2. The van der Waals surface area contributed by atoms with Crippen LogP contribution in [0.4, 0.5) is 10.8 Å². The summed E-state index contributed by atoms with van der Waals surface area (Å²) < 4.78 is 0. The SMILES string of the molecule is Cc1ccc(-c2csc(NC(=O)CSc3cccc(NC(=O)/C(=C\c4cccc5ccccc45)NC(=O)c4ccccc4)c3)n2)cc1. The summed E-state index contributed by atoms with van der Waals surface area (Å²) >= 11 is 2.72. The molecule has 0 aliphatic rings. The number of benzene rings is 5. The number of carbonyl (C=O) groups is 3. The van der Waals surface area contributed by atoms with Crippen molar-refractivity contribution in [2.45, 2.75) is 11.8 Å². The molecule has 5 aromatic carbocycles. The average Bonchev–Trinajstić information content (AvgIpc) is 3.56. The van der Waals surface area contributed by atoms with E-state index in [1.807, 2.05) is 91.2 Å². The number of nitrogens with one attached hydrogen (secondary N) is 3. The fraction of sp³-hybridized carbons (Fsp3) is 0.0526. The zero-order valence-electron chi connectivity index (χ0n) is 25.4. The summed E-state index contributed by atoms with van der Waals surface area (Å²) in [5, 5.41) is 13.0. The van der Waals surface area contributed by atoms with Crippen LogP contribution in [0.1, 0.15) is 21.5 Å². The van der Waals surface area contributed by atoms with Crippen LogP contribution in [0.5, 0.6) is 0 Å². The molecule has 0 spiro atoms. The van der Waals surface area contributed by atoms with E-state index in [2.05, 4.69) is 20.9 Å². The third kappa shape index (κ3) is 8.21. The number of hydrogen-bond donors (Lipinski definition) is 3. The van der Waals surface area contributed by atoms with E-state index in [4.69, 9.17) is 0 Å². The van der Waals surface area contributed by atoms with E-state index < -0.39 is 11.8 Å². The van der Waals surface area contributed by atoms with E-state index in [0.29, 0.717) is 16.4 Å². The smallest absolute Gasteiger partial charge is 0.272 e. The molecule has 232 valence electrons. The molecule has 0 fully saturated rings. The largest absolute Gasteiger partial charge is 0.321 e. The summed E-state index contributed by atoms with van der Waals surface area (Å²) in [6.07, 6.45) is 1.68. The molecule has 0 aliphatic heterocycles. The number of anilines is 2. The molecule has 0 saturated carbocycles. The van der Waals surface area contributed by atoms with E-state index in [-0.39, 0.29) is 17.4 Å². The molecule has 6 aromatic rings. The number of hydrogen-bond acceptors (Lipinski definition) is 6. The number of aryl methyl sites for hydroxylation is 1.